The number of imidazole rings is 6. The lowest BCUT2D eigenvalue weighted by Gasteiger charge is -2.63. The van der Waals surface area contributed by atoms with Gasteiger partial charge in [-0.15, -0.1) is 0 Å². The normalized spacial score (nSPS) is 24.0. The summed E-state index contributed by atoms with van der Waals surface area (Å²) in [5, 5.41) is 0. The van der Waals surface area contributed by atoms with Gasteiger partial charge in [0.05, 0.1) is 114 Å². The fraction of sp³-hybridized carbons (Fsp3) is 0.513. The average molecular weight is 1860 g/mol. The first-order chi connectivity index (χ1) is 64.2. The third-order valence-electron chi connectivity index (χ3n) is 35.0. The fourth-order valence-electron chi connectivity index (χ4n) is 27.2. The van der Waals surface area contributed by atoms with Crippen LogP contribution < -0.4 is 24.5 Å². The number of aryl methyl sites for hydroxylation is 6. The summed E-state index contributed by atoms with van der Waals surface area (Å²) in [4.78, 5) is 47.7. The number of hydrogen-bond donors (Lipinski definition) is 0. The third kappa shape index (κ3) is 13.5. The van der Waals surface area contributed by atoms with Crippen LogP contribution in [0.25, 0.3) is 25.6 Å². The van der Waals surface area contributed by atoms with Gasteiger partial charge in [0.15, 0.2) is 19.8 Å². The molecule has 0 radical (unpaired) electrons. The zero-order valence-corrected chi connectivity index (χ0v) is 88.0. The maximum absolute atomic E-state index is 5.08. The van der Waals surface area contributed by atoms with Gasteiger partial charge in [-0.1, -0.05) is 293 Å². The first-order valence-electron chi connectivity index (χ1n) is 50.8. The van der Waals surface area contributed by atoms with E-state index in [9.17, 15) is 0 Å². The van der Waals surface area contributed by atoms with Gasteiger partial charge in [0, 0.05) is 108 Å². The van der Waals surface area contributed by atoms with E-state index in [4.69, 9.17) is 4.98 Å². The Labute approximate surface area is 809 Å². The summed E-state index contributed by atoms with van der Waals surface area (Å²) in [5.74, 6) is 4.69. The zero-order valence-electron chi connectivity index (χ0n) is 84.7. The molecule has 28 rings (SSSR count). The Balaban J connectivity index is 0.000000109. The molecule has 6 aliphatic carbocycles. The van der Waals surface area contributed by atoms with Crippen LogP contribution in [-0.4, -0.2) is 51.5 Å². The van der Waals surface area contributed by atoms with Gasteiger partial charge < -0.3 is 29.1 Å². The molecule has 0 saturated heterocycles. The van der Waals surface area contributed by atoms with Crippen molar-refractivity contribution in [2.24, 2.45) is 41.5 Å². The maximum atomic E-state index is 5.08. The van der Waals surface area contributed by atoms with Gasteiger partial charge >= 0.3 is 0 Å². The molecule has 13 aliphatic rings. The molecular formula is C113H148N16S4. The standard InChI is InChI=1S/C23H25N3S.2C21H25N3S.C19H22N4.C19H21N3S.5C2H6/c1-14-4-2-3-5-19(14)26-13-20-21(27-22-24-6-7-25(20)22)23(26)17-9-15-8-16(11-17)12-18(23)10-15;2*1-13-8-7-9-14-16(13)24-12-15-17(25-18-22-10-11-23(15)18)21(24,6)20(4,5)19(14,2)3;1-14-7-3-4-8-15(14)23-13-16-17(19(23)9-5-6-10-19)20-18-21(2)11-12-22(16)18;1-14-7-3-4-8-15(14)22-13-16-17(19(22)9-5-2-6-10-19)23-18-20-11-12-21(16)18;5*1-2/h2-7,15-18H,8-13H2,1H3;2*7-11H,12H2,1-6H3;3-4,7-8,11-12H,5-6,9-10,13H2,1-2H3;3-4,7-8,11-12H,2,5-6,9-10,13H2,1H3;5*1-2H3. The van der Waals surface area contributed by atoms with Crippen molar-refractivity contribution in [2.75, 3.05) is 24.5 Å². The number of nitrogens with zero attached hydrogens (tertiary/aromatic N) is 16. The van der Waals surface area contributed by atoms with Gasteiger partial charge in [-0.25, -0.2) is 24.9 Å². The van der Waals surface area contributed by atoms with E-state index in [1.807, 2.05) is 139 Å². The summed E-state index contributed by atoms with van der Waals surface area (Å²) in [6.45, 7) is 60.6. The molecule has 17 heterocycles. The molecule has 16 nitrogen and oxygen atoms in total. The van der Waals surface area contributed by atoms with Crippen molar-refractivity contribution in [3.8, 4) is 0 Å². The smallest absolute Gasteiger partial charge is 0.214 e. The van der Waals surface area contributed by atoms with Gasteiger partial charge in [-0.3, -0.25) is 22.0 Å². The molecule has 133 heavy (non-hydrogen) atoms. The predicted octanol–water partition coefficient (Wildman–Crippen LogP) is 29.7. The summed E-state index contributed by atoms with van der Waals surface area (Å²) in [6.07, 6.45) is 39.4. The summed E-state index contributed by atoms with van der Waals surface area (Å²) >= 11 is 7.64. The second-order valence-electron chi connectivity index (χ2n) is 41.2. The van der Waals surface area contributed by atoms with Crippen LogP contribution >= 0.6 is 45.3 Å². The summed E-state index contributed by atoms with van der Waals surface area (Å²) in [6, 6.07) is 40.3. The second-order valence-corrected chi connectivity index (χ2v) is 45.1. The molecule has 7 aliphatic heterocycles. The summed E-state index contributed by atoms with van der Waals surface area (Å²) < 4.78 is 13.7. The molecule has 5 aromatic carbocycles. The molecule has 2 atom stereocenters. The van der Waals surface area contributed by atoms with Crippen molar-refractivity contribution in [2.45, 2.75) is 334 Å². The average Bonchev–Trinajstić information content (AvgIpc) is 1.55. The molecule has 6 fully saturated rings. The molecule has 0 amide bonds. The number of aromatic nitrogens is 11. The molecular weight excluding hydrogens is 1710 g/mol. The lowest BCUT2D eigenvalue weighted by Crippen LogP contribution is -2.61. The molecule has 3 spiro atoms. The predicted molar refractivity (Wildman–Crippen MR) is 562 cm³/mol. The molecule has 2 unspecified atom stereocenters. The number of fused-ring (bicyclic) bond motifs is 25. The number of rotatable bonds is 3. The van der Waals surface area contributed by atoms with Crippen LogP contribution in [0, 0.1) is 69.1 Å². The van der Waals surface area contributed by atoms with Crippen LogP contribution in [0.2, 0.25) is 0 Å². The highest BCUT2D eigenvalue weighted by Crippen LogP contribution is 2.71. The van der Waals surface area contributed by atoms with Crippen molar-refractivity contribution < 1.29 is 0 Å². The van der Waals surface area contributed by atoms with Crippen molar-refractivity contribution in [3.05, 3.63) is 264 Å². The Morgan fingerprint density at radius 3 is 1.09 bits per heavy atom. The summed E-state index contributed by atoms with van der Waals surface area (Å²) in [5.41, 5.74) is 26.3. The van der Waals surface area contributed by atoms with Crippen molar-refractivity contribution >= 4 is 99.4 Å². The SMILES string of the molecule is CC.CC.CC.CC.CC.Cc1cccc2c1N1Cc3c(sc4nccn34)C1(C)C(C)(C)C2(C)C.Cc1cccc2c1N1Cc3c(sc4nccn34)C1(C)C(C)(C)C2(C)C.Cc1ccccc1N1Cc2c(nc3n(C)ccn23)C12CCCC2.Cc1ccccc1N1Cc2c(sc3nccn23)C12C1CC3CC(C1)CC2C3.Cc1ccccc1N1Cc2c(sc3nccn23)C12CCCCC2. The van der Waals surface area contributed by atoms with Gasteiger partial charge in [0.1, 0.15) is 0 Å². The Hall–Kier alpha value is -9.47. The van der Waals surface area contributed by atoms with E-state index < -0.39 is 0 Å². The zero-order chi connectivity index (χ0) is 94.3. The van der Waals surface area contributed by atoms with E-state index >= 15 is 0 Å². The van der Waals surface area contributed by atoms with Crippen LogP contribution in [0.5, 0.6) is 0 Å². The van der Waals surface area contributed by atoms with E-state index in [1.165, 1.54) is 206 Å². The molecule has 15 aromatic rings. The quantitative estimate of drug-likeness (QED) is 0.170. The Kier molecular flexibility index (Phi) is 24.9. The minimum absolute atomic E-state index is 0.0314. The van der Waals surface area contributed by atoms with Gasteiger partial charge in [-0.05, 0) is 198 Å². The van der Waals surface area contributed by atoms with E-state index in [0.29, 0.717) is 0 Å². The molecule has 704 valence electrons. The van der Waals surface area contributed by atoms with Gasteiger partial charge in [-0.2, -0.15) is 0 Å². The van der Waals surface area contributed by atoms with Crippen LogP contribution in [0.15, 0.2) is 171 Å². The van der Waals surface area contributed by atoms with E-state index in [-0.39, 0.29) is 49.4 Å². The van der Waals surface area contributed by atoms with Gasteiger partial charge in [0.25, 0.3) is 0 Å². The van der Waals surface area contributed by atoms with Gasteiger partial charge in [0.2, 0.25) is 5.78 Å². The molecule has 0 N–H and O–H groups in total. The van der Waals surface area contributed by atoms with E-state index in [1.54, 1.807) is 9.75 Å². The highest BCUT2D eigenvalue weighted by atomic mass is 32.1. The second kappa shape index (κ2) is 35.3. The van der Waals surface area contributed by atoms with Crippen molar-refractivity contribution in [1.82, 2.24) is 51.5 Å². The first-order valence-corrected chi connectivity index (χ1v) is 54.0. The largest absolute Gasteiger partial charge is 0.355 e. The molecule has 10 aromatic heterocycles. The van der Waals surface area contributed by atoms with E-state index in [0.717, 1.165) is 77.1 Å². The van der Waals surface area contributed by atoms with Crippen molar-refractivity contribution in [3.63, 3.8) is 0 Å². The minimum Gasteiger partial charge on any atom is -0.355 e. The number of thiazole rings is 4. The lowest BCUT2D eigenvalue weighted by molar-refractivity contribution is -0.0573. The van der Waals surface area contributed by atoms with Crippen LogP contribution in [-0.2, 0) is 78.3 Å². The Morgan fingerprint density at radius 2 is 0.662 bits per heavy atom. The maximum Gasteiger partial charge on any atom is 0.214 e. The third-order valence-corrected chi connectivity index (χ3v) is 40.2. The highest BCUT2D eigenvalue weighted by molar-refractivity contribution is 7.18. The summed E-state index contributed by atoms with van der Waals surface area (Å²) in [7, 11) is 2.08. The minimum atomic E-state index is -0.0314. The topological polar surface area (TPSA) is 108 Å². The van der Waals surface area contributed by atoms with Crippen LogP contribution in [0.4, 0.5) is 28.4 Å². The number of para-hydroxylation sites is 5. The van der Waals surface area contributed by atoms with Crippen LogP contribution in [0.3, 0.4) is 0 Å². The molecule has 6 saturated carbocycles. The first kappa shape index (κ1) is 93.9. The molecule has 20 heteroatoms. The van der Waals surface area contributed by atoms with Crippen molar-refractivity contribution in [1.29, 1.82) is 0 Å². The number of hydrogen-bond acceptors (Lipinski definition) is 14. The monoisotopic (exact) mass is 1860 g/mol. The molecule has 4 bridgehead atoms. The number of anilines is 5. The fourth-order valence-corrected chi connectivity index (χ4v) is 32.8. The highest BCUT2D eigenvalue weighted by Gasteiger charge is 2.68. The Morgan fingerprint density at radius 1 is 0.323 bits per heavy atom. The number of benzene rings is 5. The lowest BCUT2D eigenvalue weighted by atomic mass is 9.48. The Bertz CT molecular complexity index is 6540. The van der Waals surface area contributed by atoms with Crippen LogP contribution in [0.1, 0.15) is 321 Å². The van der Waals surface area contributed by atoms with E-state index in [2.05, 4.69) is 328 Å².